The fourth-order valence-electron chi connectivity index (χ4n) is 2.46. The van der Waals surface area contributed by atoms with E-state index in [4.69, 9.17) is 4.74 Å². The van der Waals surface area contributed by atoms with Crippen LogP contribution in [0.3, 0.4) is 0 Å². The van der Waals surface area contributed by atoms with Gasteiger partial charge < -0.3 is 10.1 Å². The van der Waals surface area contributed by atoms with Crippen LogP contribution in [-0.4, -0.2) is 26.8 Å². The number of ether oxygens (including phenoxy) is 1. The third-order valence-corrected chi connectivity index (χ3v) is 5.53. The summed E-state index contributed by atoms with van der Waals surface area (Å²) in [6.07, 6.45) is 1.000. The second kappa shape index (κ2) is 9.92. The van der Waals surface area contributed by atoms with Crippen molar-refractivity contribution in [2.45, 2.75) is 32.0 Å². The SMILES string of the molecule is CCc1ccc(OCc2nc(SCC(=O)Nc3ccc(I)cc3C)n[nH]2)cc1. The van der Waals surface area contributed by atoms with Crippen LogP contribution < -0.4 is 10.1 Å². The number of aryl methyl sites for hydroxylation is 2. The maximum atomic E-state index is 12.2. The summed E-state index contributed by atoms with van der Waals surface area (Å²) in [7, 11) is 0. The third-order valence-electron chi connectivity index (χ3n) is 4.01. The zero-order valence-corrected chi connectivity index (χ0v) is 18.6. The standard InChI is InChI=1S/C20H21IN4O2S/c1-3-14-4-7-16(8-5-14)27-11-18-23-20(25-24-18)28-12-19(26)22-17-9-6-15(21)10-13(17)2/h4-10H,3,11-12H2,1-2H3,(H,22,26)(H,23,24,25). The number of rotatable bonds is 8. The van der Waals surface area contributed by atoms with E-state index in [0.29, 0.717) is 17.6 Å². The molecule has 2 N–H and O–H groups in total. The van der Waals surface area contributed by atoms with Gasteiger partial charge in [-0.1, -0.05) is 30.8 Å². The van der Waals surface area contributed by atoms with Gasteiger partial charge in [0.05, 0.1) is 5.75 Å². The van der Waals surface area contributed by atoms with E-state index >= 15 is 0 Å². The molecule has 0 saturated carbocycles. The number of nitrogens with one attached hydrogen (secondary N) is 2. The van der Waals surface area contributed by atoms with Gasteiger partial charge in [0, 0.05) is 9.26 Å². The largest absolute Gasteiger partial charge is 0.486 e. The maximum absolute atomic E-state index is 12.2. The molecule has 0 saturated heterocycles. The lowest BCUT2D eigenvalue weighted by molar-refractivity contribution is -0.113. The Morgan fingerprint density at radius 2 is 2.04 bits per heavy atom. The fraction of sp³-hybridized carbons (Fsp3) is 0.250. The first kappa shape index (κ1) is 20.7. The Labute approximate surface area is 182 Å². The topological polar surface area (TPSA) is 79.9 Å². The molecule has 0 bridgehead atoms. The summed E-state index contributed by atoms with van der Waals surface area (Å²) >= 11 is 3.53. The van der Waals surface area contributed by atoms with Crippen LogP contribution in [0.5, 0.6) is 5.75 Å². The molecule has 0 aliphatic rings. The molecule has 0 aliphatic heterocycles. The summed E-state index contributed by atoms with van der Waals surface area (Å²) < 4.78 is 6.85. The van der Waals surface area contributed by atoms with Gasteiger partial charge in [-0.15, -0.1) is 5.10 Å². The molecule has 146 valence electrons. The number of nitrogens with zero attached hydrogens (tertiary/aromatic N) is 2. The van der Waals surface area contributed by atoms with E-state index in [1.54, 1.807) is 0 Å². The third kappa shape index (κ3) is 5.96. The van der Waals surface area contributed by atoms with E-state index in [2.05, 4.69) is 50.0 Å². The number of benzene rings is 2. The molecule has 3 rings (SSSR count). The van der Waals surface area contributed by atoms with Crippen LogP contribution in [0, 0.1) is 10.5 Å². The van der Waals surface area contributed by atoms with Crippen molar-refractivity contribution >= 4 is 45.9 Å². The Morgan fingerprint density at radius 1 is 1.25 bits per heavy atom. The molecule has 0 spiro atoms. The van der Waals surface area contributed by atoms with Crippen LogP contribution in [-0.2, 0) is 17.8 Å². The summed E-state index contributed by atoms with van der Waals surface area (Å²) in [5, 5.41) is 10.4. The number of hydrogen-bond acceptors (Lipinski definition) is 5. The van der Waals surface area contributed by atoms with Gasteiger partial charge in [-0.3, -0.25) is 9.89 Å². The van der Waals surface area contributed by atoms with Crippen molar-refractivity contribution in [3.63, 3.8) is 0 Å². The van der Waals surface area contributed by atoms with E-state index in [-0.39, 0.29) is 11.7 Å². The van der Waals surface area contributed by atoms with Crippen LogP contribution in [0.1, 0.15) is 23.9 Å². The lowest BCUT2D eigenvalue weighted by atomic mass is 10.2. The van der Waals surface area contributed by atoms with Crippen molar-refractivity contribution in [3.05, 3.63) is 63.0 Å². The molecule has 8 heteroatoms. The number of aromatic amines is 1. The monoisotopic (exact) mass is 508 g/mol. The van der Waals surface area contributed by atoms with Crippen molar-refractivity contribution in [1.29, 1.82) is 0 Å². The number of aromatic nitrogens is 3. The molecule has 6 nitrogen and oxygen atoms in total. The highest BCUT2D eigenvalue weighted by Gasteiger charge is 2.10. The first-order valence-electron chi connectivity index (χ1n) is 8.85. The van der Waals surface area contributed by atoms with Crippen LogP contribution in [0.25, 0.3) is 0 Å². The number of anilines is 1. The van der Waals surface area contributed by atoms with E-state index in [1.165, 1.54) is 17.3 Å². The normalized spacial score (nSPS) is 10.7. The van der Waals surface area contributed by atoms with Crippen molar-refractivity contribution in [2.75, 3.05) is 11.1 Å². The lowest BCUT2D eigenvalue weighted by Gasteiger charge is -2.07. The predicted molar refractivity (Wildman–Crippen MR) is 120 cm³/mol. The summed E-state index contributed by atoms with van der Waals surface area (Å²) in [4.78, 5) is 16.5. The van der Waals surface area contributed by atoms with Crippen LogP contribution >= 0.6 is 34.4 Å². The zero-order chi connectivity index (χ0) is 19.9. The fourth-order valence-corrected chi connectivity index (χ4v) is 3.73. The molecule has 0 atom stereocenters. The van der Waals surface area contributed by atoms with Crippen molar-refractivity contribution in [3.8, 4) is 5.75 Å². The summed E-state index contributed by atoms with van der Waals surface area (Å²) in [6, 6.07) is 13.9. The van der Waals surface area contributed by atoms with Gasteiger partial charge in [0.1, 0.15) is 12.4 Å². The van der Waals surface area contributed by atoms with Gasteiger partial charge in [-0.25, -0.2) is 4.98 Å². The number of amides is 1. The summed E-state index contributed by atoms with van der Waals surface area (Å²) in [5.41, 5.74) is 3.13. The van der Waals surface area contributed by atoms with Gasteiger partial charge in [0.15, 0.2) is 5.82 Å². The first-order valence-corrected chi connectivity index (χ1v) is 10.9. The highest BCUT2D eigenvalue weighted by molar-refractivity contribution is 14.1. The van der Waals surface area contributed by atoms with E-state index in [1.807, 2.05) is 49.4 Å². The van der Waals surface area contributed by atoms with Crippen LogP contribution in [0.4, 0.5) is 5.69 Å². The minimum atomic E-state index is -0.0899. The van der Waals surface area contributed by atoms with Crippen molar-refractivity contribution < 1.29 is 9.53 Å². The molecule has 2 aromatic carbocycles. The minimum Gasteiger partial charge on any atom is -0.486 e. The van der Waals surface area contributed by atoms with Crippen molar-refractivity contribution in [2.24, 2.45) is 0 Å². The molecular formula is C20H21IN4O2S. The van der Waals surface area contributed by atoms with Crippen LogP contribution in [0.15, 0.2) is 47.6 Å². The lowest BCUT2D eigenvalue weighted by Crippen LogP contribution is -2.15. The quantitative estimate of drug-likeness (QED) is 0.344. The number of hydrogen-bond donors (Lipinski definition) is 2. The van der Waals surface area contributed by atoms with Gasteiger partial charge in [-0.05, 0) is 77.4 Å². The smallest absolute Gasteiger partial charge is 0.234 e. The Balaban J connectivity index is 1.46. The number of carbonyl (C=O) groups is 1. The average Bonchev–Trinajstić information content (AvgIpc) is 3.15. The number of carbonyl (C=O) groups excluding carboxylic acids is 1. The molecule has 0 unspecified atom stereocenters. The Bertz CT molecular complexity index is 944. The Hall–Kier alpha value is -2.07. The minimum absolute atomic E-state index is 0.0899. The second-order valence-corrected chi connectivity index (χ2v) is 8.34. The molecule has 0 radical (unpaired) electrons. The average molecular weight is 508 g/mol. The number of thioether (sulfide) groups is 1. The van der Waals surface area contributed by atoms with Gasteiger partial charge in [0.2, 0.25) is 11.1 Å². The zero-order valence-electron chi connectivity index (χ0n) is 15.7. The van der Waals surface area contributed by atoms with E-state index < -0.39 is 0 Å². The van der Waals surface area contributed by atoms with Gasteiger partial charge in [0.25, 0.3) is 0 Å². The summed E-state index contributed by atoms with van der Waals surface area (Å²) in [5.74, 6) is 1.56. The second-order valence-electron chi connectivity index (χ2n) is 6.15. The number of halogens is 1. The number of H-pyrrole nitrogens is 1. The molecule has 1 amide bonds. The molecule has 0 fully saturated rings. The molecule has 3 aromatic rings. The Kier molecular flexibility index (Phi) is 7.32. The van der Waals surface area contributed by atoms with Gasteiger partial charge in [-0.2, -0.15) is 0 Å². The molecule has 1 heterocycles. The van der Waals surface area contributed by atoms with E-state index in [0.717, 1.165) is 27.0 Å². The molecule has 28 heavy (non-hydrogen) atoms. The van der Waals surface area contributed by atoms with E-state index in [9.17, 15) is 4.79 Å². The maximum Gasteiger partial charge on any atom is 0.234 e. The molecule has 0 aliphatic carbocycles. The summed E-state index contributed by atoms with van der Waals surface area (Å²) in [6.45, 7) is 4.39. The highest BCUT2D eigenvalue weighted by atomic mass is 127. The van der Waals surface area contributed by atoms with Crippen molar-refractivity contribution in [1.82, 2.24) is 15.2 Å². The van der Waals surface area contributed by atoms with Gasteiger partial charge >= 0.3 is 0 Å². The molecular weight excluding hydrogens is 487 g/mol. The first-order chi connectivity index (χ1) is 13.5. The van der Waals surface area contributed by atoms with Crippen LogP contribution in [0.2, 0.25) is 0 Å². The molecule has 1 aromatic heterocycles. The highest BCUT2D eigenvalue weighted by Crippen LogP contribution is 2.19. The Morgan fingerprint density at radius 3 is 2.75 bits per heavy atom. The predicted octanol–water partition coefficient (Wildman–Crippen LogP) is 4.59.